The number of hydrogen-bond donors (Lipinski definition) is 0. The molecule has 1 aromatic carbocycles. The van der Waals surface area contributed by atoms with Crippen LogP contribution in [0.1, 0.15) is 48.4 Å². The van der Waals surface area contributed by atoms with Gasteiger partial charge >= 0.3 is 11.9 Å². The van der Waals surface area contributed by atoms with Gasteiger partial charge in [-0.25, -0.2) is 9.59 Å². The van der Waals surface area contributed by atoms with Gasteiger partial charge in [0.2, 0.25) is 0 Å². The second-order valence-corrected chi connectivity index (χ2v) is 7.07. The summed E-state index contributed by atoms with van der Waals surface area (Å²) in [5.41, 5.74) is 0.778. The number of carbonyl (C=O) groups is 2. The van der Waals surface area contributed by atoms with E-state index in [0.29, 0.717) is 11.3 Å². The van der Waals surface area contributed by atoms with Crippen LogP contribution in [0.5, 0.6) is 5.75 Å². The smallest absolute Gasteiger partial charge is 0.342 e. The molecular formula is C21H26O6. The van der Waals surface area contributed by atoms with Gasteiger partial charge in [0.15, 0.2) is 0 Å². The van der Waals surface area contributed by atoms with Crippen LogP contribution in [0.25, 0.3) is 11.3 Å². The lowest BCUT2D eigenvalue weighted by atomic mass is 10.0. The minimum absolute atomic E-state index is 0.0650. The molecule has 0 saturated heterocycles. The van der Waals surface area contributed by atoms with E-state index in [-0.39, 0.29) is 41.9 Å². The summed E-state index contributed by atoms with van der Waals surface area (Å²) in [6.07, 6.45) is 1.24. The van der Waals surface area contributed by atoms with Gasteiger partial charge in [0, 0.05) is 5.56 Å². The summed E-state index contributed by atoms with van der Waals surface area (Å²) in [7, 11) is 1.57. The third-order valence-electron chi connectivity index (χ3n) is 3.66. The second kappa shape index (κ2) is 9.26. The van der Waals surface area contributed by atoms with E-state index in [2.05, 4.69) is 0 Å². The summed E-state index contributed by atoms with van der Waals surface area (Å²) in [6, 6.07) is 7.00. The molecule has 6 nitrogen and oxygen atoms in total. The van der Waals surface area contributed by atoms with Crippen LogP contribution in [-0.2, 0) is 9.47 Å². The third-order valence-corrected chi connectivity index (χ3v) is 3.66. The molecule has 0 aliphatic heterocycles. The van der Waals surface area contributed by atoms with Crippen LogP contribution in [0.15, 0.2) is 34.9 Å². The van der Waals surface area contributed by atoms with E-state index in [4.69, 9.17) is 18.6 Å². The molecule has 1 heterocycles. The molecule has 2 rings (SSSR count). The highest BCUT2D eigenvalue weighted by atomic mass is 16.5. The van der Waals surface area contributed by atoms with Crippen molar-refractivity contribution < 1.29 is 28.2 Å². The Morgan fingerprint density at radius 3 is 2.00 bits per heavy atom. The van der Waals surface area contributed by atoms with Gasteiger partial charge in [-0.3, -0.25) is 0 Å². The molecule has 0 amide bonds. The molecular weight excluding hydrogens is 348 g/mol. The maximum Gasteiger partial charge on any atom is 0.342 e. The van der Waals surface area contributed by atoms with Crippen molar-refractivity contribution in [2.24, 2.45) is 11.8 Å². The van der Waals surface area contributed by atoms with Crippen molar-refractivity contribution in [1.29, 1.82) is 0 Å². The average molecular weight is 374 g/mol. The molecule has 0 spiro atoms. The van der Waals surface area contributed by atoms with E-state index in [1.165, 1.54) is 6.26 Å². The van der Waals surface area contributed by atoms with Crippen LogP contribution < -0.4 is 4.74 Å². The first kappa shape index (κ1) is 20.6. The van der Waals surface area contributed by atoms with Gasteiger partial charge in [-0.05, 0) is 36.1 Å². The van der Waals surface area contributed by atoms with Crippen LogP contribution >= 0.6 is 0 Å². The van der Waals surface area contributed by atoms with Gasteiger partial charge in [-0.2, -0.15) is 0 Å². The molecule has 1 aromatic heterocycles. The fourth-order valence-electron chi connectivity index (χ4n) is 2.30. The van der Waals surface area contributed by atoms with E-state index in [1.807, 2.05) is 27.7 Å². The Morgan fingerprint density at radius 2 is 1.48 bits per heavy atom. The molecule has 0 saturated carbocycles. The molecule has 0 fully saturated rings. The van der Waals surface area contributed by atoms with Crippen LogP contribution in [-0.4, -0.2) is 32.3 Å². The largest absolute Gasteiger partial charge is 0.497 e. The molecule has 0 aliphatic rings. The van der Waals surface area contributed by atoms with Gasteiger partial charge in [0.1, 0.15) is 28.9 Å². The van der Waals surface area contributed by atoms with Crippen molar-refractivity contribution >= 4 is 11.9 Å². The molecule has 0 N–H and O–H groups in total. The van der Waals surface area contributed by atoms with Crippen molar-refractivity contribution in [3.8, 4) is 17.1 Å². The van der Waals surface area contributed by atoms with Gasteiger partial charge in [-0.15, -0.1) is 0 Å². The standard InChI is InChI=1S/C21H26O6/c1-13(2)10-26-20(22)17-12-25-19(15-6-8-16(24-5)9-7-15)18(17)21(23)27-11-14(3)4/h6-9,12-14H,10-11H2,1-5H3. The van der Waals surface area contributed by atoms with Crippen molar-refractivity contribution in [3.05, 3.63) is 41.7 Å². The number of carbonyl (C=O) groups excluding carboxylic acids is 2. The van der Waals surface area contributed by atoms with Crippen LogP contribution in [0, 0.1) is 11.8 Å². The Labute approximate surface area is 159 Å². The van der Waals surface area contributed by atoms with Gasteiger partial charge in [-0.1, -0.05) is 27.7 Å². The summed E-state index contributed by atoms with van der Waals surface area (Å²) < 4.78 is 21.3. The first-order valence-electron chi connectivity index (χ1n) is 8.93. The second-order valence-electron chi connectivity index (χ2n) is 7.07. The maximum atomic E-state index is 12.7. The lowest BCUT2D eigenvalue weighted by molar-refractivity contribution is 0.0414. The molecule has 0 bridgehead atoms. The third kappa shape index (κ3) is 5.36. The number of rotatable bonds is 8. The fraction of sp³-hybridized carbons (Fsp3) is 0.429. The highest BCUT2D eigenvalue weighted by molar-refractivity contribution is 6.07. The van der Waals surface area contributed by atoms with Crippen molar-refractivity contribution in [1.82, 2.24) is 0 Å². The Morgan fingerprint density at radius 1 is 0.926 bits per heavy atom. The van der Waals surface area contributed by atoms with Crippen molar-refractivity contribution in [2.75, 3.05) is 20.3 Å². The summed E-state index contributed by atoms with van der Waals surface area (Å²) in [5.74, 6) is 0.0667. The molecule has 0 radical (unpaired) electrons. The predicted molar refractivity (Wildman–Crippen MR) is 101 cm³/mol. The zero-order chi connectivity index (χ0) is 20.0. The Kier molecular flexibility index (Phi) is 7.05. The van der Waals surface area contributed by atoms with Crippen molar-refractivity contribution in [2.45, 2.75) is 27.7 Å². The number of benzene rings is 1. The van der Waals surface area contributed by atoms with E-state index < -0.39 is 11.9 Å². The molecule has 146 valence electrons. The first-order valence-corrected chi connectivity index (χ1v) is 8.93. The number of esters is 2. The lowest BCUT2D eigenvalue weighted by Gasteiger charge is -2.10. The summed E-state index contributed by atoms with van der Waals surface area (Å²) in [5, 5.41) is 0. The number of furan rings is 1. The lowest BCUT2D eigenvalue weighted by Crippen LogP contribution is -2.16. The molecule has 6 heteroatoms. The van der Waals surface area contributed by atoms with Crippen LogP contribution in [0.3, 0.4) is 0 Å². The topological polar surface area (TPSA) is 75.0 Å². The Bertz CT molecular complexity index is 770. The van der Waals surface area contributed by atoms with Gasteiger partial charge < -0.3 is 18.6 Å². The monoisotopic (exact) mass is 374 g/mol. The maximum absolute atomic E-state index is 12.7. The number of ether oxygens (including phenoxy) is 3. The predicted octanol–water partition coefficient (Wildman–Crippen LogP) is 4.58. The minimum atomic E-state index is -0.611. The highest BCUT2D eigenvalue weighted by Crippen LogP contribution is 2.31. The molecule has 0 unspecified atom stereocenters. The van der Waals surface area contributed by atoms with Gasteiger partial charge in [0.05, 0.1) is 20.3 Å². The van der Waals surface area contributed by atoms with E-state index in [0.717, 1.165) is 0 Å². The van der Waals surface area contributed by atoms with E-state index >= 15 is 0 Å². The number of methoxy groups -OCH3 is 1. The zero-order valence-electron chi connectivity index (χ0n) is 16.4. The average Bonchev–Trinajstić information content (AvgIpc) is 3.09. The normalized spacial score (nSPS) is 10.9. The van der Waals surface area contributed by atoms with E-state index in [9.17, 15) is 9.59 Å². The molecule has 0 atom stereocenters. The highest BCUT2D eigenvalue weighted by Gasteiger charge is 2.28. The fourth-order valence-corrected chi connectivity index (χ4v) is 2.30. The Balaban J connectivity index is 2.40. The van der Waals surface area contributed by atoms with Gasteiger partial charge in [0.25, 0.3) is 0 Å². The quantitative estimate of drug-likeness (QED) is 0.630. The van der Waals surface area contributed by atoms with E-state index in [1.54, 1.807) is 31.4 Å². The molecule has 2 aromatic rings. The Hall–Kier alpha value is -2.76. The molecule has 27 heavy (non-hydrogen) atoms. The number of hydrogen-bond acceptors (Lipinski definition) is 6. The minimum Gasteiger partial charge on any atom is -0.497 e. The summed E-state index contributed by atoms with van der Waals surface area (Å²) >= 11 is 0. The van der Waals surface area contributed by atoms with Crippen LogP contribution in [0.4, 0.5) is 0 Å². The zero-order valence-corrected chi connectivity index (χ0v) is 16.4. The SMILES string of the molecule is COc1ccc(-c2occ(C(=O)OCC(C)C)c2C(=O)OCC(C)C)cc1. The van der Waals surface area contributed by atoms with Crippen molar-refractivity contribution in [3.63, 3.8) is 0 Å². The van der Waals surface area contributed by atoms with Crippen LogP contribution in [0.2, 0.25) is 0 Å². The summed E-state index contributed by atoms with van der Waals surface area (Å²) in [4.78, 5) is 25.1. The first-order chi connectivity index (χ1) is 12.8. The molecule has 0 aliphatic carbocycles. The summed E-state index contributed by atoms with van der Waals surface area (Å²) in [6.45, 7) is 8.23.